The Labute approximate surface area is 104 Å². The van der Waals surface area contributed by atoms with Crippen LogP contribution >= 0.6 is 11.6 Å². The van der Waals surface area contributed by atoms with Crippen LogP contribution in [0.3, 0.4) is 0 Å². The van der Waals surface area contributed by atoms with Crippen LogP contribution in [0, 0.1) is 0 Å². The molecule has 0 aromatic heterocycles. The molecule has 3 nitrogen and oxygen atoms in total. The number of hydrazone groups is 1. The van der Waals surface area contributed by atoms with Gasteiger partial charge < -0.3 is 5.11 Å². The summed E-state index contributed by atoms with van der Waals surface area (Å²) in [5.41, 5.74) is 4.34. The SMILES string of the molecule is Oc1ccccc1/C=N/Nc1ccc(Cl)cc1. The molecule has 2 aromatic carbocycles. The molecule has 86 valence electrons. The minimum absolute atomic E-state index is 0.203. The van der Waals surface area contributed by atoms with Crippen LogP contribution in [-0.2, 0) is 0 Å². The minimum atomic E-state index is 0.203. The first-order chi connectivity index (χ1) is 8.25. The van der Waals surface area contributed by atoms with E-state index in [0.717, 1.165) is 5.69 Å². The Kier molecular flexibility index (Phi) is 3.62. The van der Waals surface area contributed by atoms with Gasteiger partial charge in [0, 0.05) is 10.6 Å². The van der Waals surface area contributed by atoms with E-state index in [4.69, 9.17) is 11.6 Å². The second-order valence-corrected chi connectivity index (χ2v) is 3.87. The lowest BCUT2D eigenvalue weighted by molar-refractivity contribution is 0.474. The Balaban J connectivity index is 2.03. The highest BCUT2D eigenvalue weighted by Crippen LogP contribution is 2.14. The van der Waals surface area contributed by atoms with Gasteiger partial charge in [0.25, 0.3) is 0 Å². The van der Waals surface area contributed by atoms with Crippen LogP contribution in [0.15, 0.2) is 53.6 Å². The van der Waals surface area contributed by atoms with Gasteiger partial charge in [0.2, 0.25) is 0 Å². The largest absolute Gasteiger partial charge is 0.507 e. The van der Waals surface area contributed by atoms with Gasteiger partial charge in [-0.3, -0.25) is 5.43 Å². The highest BCUT2D eigenvalue weighted by Gasteiger charge is 1.94. The molecule has 0 spiro atoms. The van der Waals surface area contributed by atoms with E-state index in [1.807, 2.05) is 18.2 Å². The molecule has 0 saturated carbocycles. The fourth-order valence-corrected chi connectivity index (χ4v) is 1.42. The van der Waals surface area contributed by atoms with E-state index in [0.29, 0.717) is 10.6 Å². The summed E-state index contributed by atoms with van der Waals surface area (Å²) in [5.74, 6) is 0.203. The predicted octanol–water partition coefficient (Wildman–Crippen LogP) is 3.49. The Morgan fingerprint density at radius 1 is 1.06 bits per heavy atom. The summed E-state index contributed by atoms with van der Waals surface area (Å²) in [6.45, 7) is 0. The van der Waals surface area contributed by atoms with Crippen molar-refractivity contribution in [1.29, 1.82) is 0 Å². The molecule has 2 rings (SSSR count). The number of para-hydroxylation sites is 1. The molecular formula is C13H11ClN2O. The minimum Gasteiger partial charge on any atom is -0.507 e. The molecule has 0 fully saturated rings. The van der Waals surface area contributed by atoms with Crippen molar-refractivity contribution in [2.45, 2.75) is 0 Å². The van der Waals surface area contributed by atoms with Crippen molar-refractivity contribution < 1.29 is 5.11 Å². The van der Waals surface area contributed by atoms with Crippen molar-refractivity contribution in [1.82, 2.24) is 0 Å². The molecule has 0 aliphatic carbocycles. The number of anilines is 1. The number of phenolic OH excluding ortho intramolecular Hbond substituents is 1. The average molecular weight is 247 g/mol. The first kappa shape index (κ1) is 11.5. The van der Waals surface area contributed by atoms with Crippen LogP contribution in [0.25, 0.3) is 0 Å². The van der Waals surface area contributed by atoms with Crippen LogP contribution in [-0.4, -0.2) is 11.3 Å². The smallest absolute Gasteiger partial charge is 0.124 e. The third-order valence-electron chi connectivity index (χ3n) is 2.18. The van der Waals surface area contributed by atoms with E-state index >= 15 is 0 Å². The molecule has 0 radical (unpaired) electrons. The zero-order valence-electron chi connectivity index (χ0n) is 8.97. The molecule has 0 amide bonds. The van der Waals surface area contributed by atoms with Crippen molar-refractivity contribution in [3.05, 3.63) is 59.1 Å². The monoisotopic (exact) mass is 246 g/mol. The fourth-order valence-electron chi connectivity index (χ4n) is 1.30. The Morgan fingerprint density at radius 2 is 1.76 bits per heavy atom. The Bertz CT molecular complexity index is 523. The molecule has 2 N–H and O–H groups in total. The van der Waals surface area contributed by atoms with E-state index in [1.165, 1.54) is 0 Å². The number of nitrogens with zero attached hydrogens (tertiary/aromatic N) is 1. The lowest BCUT2D eigenvalue weighted by Gasteiger charge is -2.00. The number of phenols is 1. The summed E-state index contributed by atoms with van der Waals surface area (Å²) in [7, 11) is 0. The van der Waals surface area contributed by atoms with Gasteiger partial charge in [-0.1, -0.05) is 23.7 Å². The van der Waals surface area contributed by atoms with E-state index in [-0.39, 0.29) is 5.75 Å². The zero-order valence-corrected chi connectivity index (χ0v) is 9.72. The molecular weight excluding hydrogens is 236 g/mol. The number of nitrogens with one attached hydrogen (secondary N) is 1. The molecule has 0 heterocycles. The van der Waals surface area contributed by atoms with Crippen LogP contribution in [0.2, 0.25) is 5.02 Å². The Hall–Kier alpha value is -2.00. The molecule has 4 heteroatoms. The van der Waals surface area contributed by atoms with Crippen LogP contribution < -0.4 is 5.43 Å². The summed E-state index contributed by atoms with van der Waals surface area (Å²) >= 11 is 5.76. The van der Waals surface area contributed by atoms with Crippen molar-refractivity contribution in [2.24, 2.45) is 5.10 Å². The number of benzene rings is 2. The van der Waals surface area contributed by atoms with Gasteiger partial charge in [0.05, 0.1) is 11.9 Å². The van der Waals surface area contributed by atoms with Crippen molar-refractivity contribution in [3.8, 4) is 5.75 Å². The molecule has 0 aliphatic heterocycles. The van der Waals surface area contributed by atoms with Gasteiger partial charge in [-0.25, -0.2) is 0 Å². The normalized spacial score (nSPS) is 10.6. The molecule has 0 unspecified atom stereocenters. The molecule has 17 heavy (non-hydrogen) atoms. The first-order valence-electron chi connectivity index (χ1n) is 5.08. The lowest BCUT2D eigenvalue weighted by Crippen LogP contribution is -1.90. The summed E-state index contributed by atoms with van der Waals surface area (Å²) in [5, 5.41) is 14.2. The summed E-state index contributed by atoms with van der Waals surface area (Å²) < 4.78 is 0. The average Bonchev–Trinajstić information content (AvgIpc) is 2.34. The van der Waals surface area contributed by atoms with E-state index in [9.17, 15) is 5.11 Å². The van der Waals surface area contributed by atoms with Gasteiger partial charge in [-0.05, 0) is 36.4 Å². The maximum Gasteiger partial charge on any atom is 0.124 e. The van der Waals surface area contributed by atoms with E-state index < -0.39 is 0 Å². The van der Waals surface area contributed by atoms with E-state index in [2.05, 4.69) is 10.5 Å². The van der Waals surface area contributed by atoms with Crippen LogP contribution in [0.1, 0.15) is 5.56 Å². The third kappa shape index (κ3) is 3.23. The highest BCUT2D eigenvalue weighted by atomic mass is 35.5. The van der Waals surface area contributed by atoms with E-state index in [1.54, 1.807) is 36.5 Å². The van der Waals surface area contributed by atoms with Crippen LogP contribution in [0.5, 0.6) is 5.75 Å². The molecule has 0 aliphatic rings. The van der Waals surface area contributed by atoms with Gasteiger partial charge in [0.1, 0.15) is 5.75 Å². The topological polar surface area (TPSA) is 44.6 Å². The number of aromatic hydroxyl groups is 1. The first-order valence-corrected chi connectivity index (χ1v) is 5.46. The summed E-state index contributed by atoms with van der Waals surface area (Å²) in [6.07, 6.45) is 1.56. The van der Waals surface area contributed by atoms with Gasteiger partial charge in [-0.2, -0.15) is 5.10 Å². The number of rotatable bonds is 3. The second-order valence-electron chi connectivity index (χ2n) is 3.44. The zero-order chi connectivity index (χ0) is 12.1. The predicted molar refractivity (Wildman–Crippen MR) is 70.8 cm³/mol. The highest BCUT2D eigenvalue weighted by molar-refractivity contribution is 6.30. The fraction of sp³-hybridized carbons (Fsp3) is 0. The van der Waals surface area contributed by atoms with Crippen molar-refractivity contribution >= 4 is 23.5 Å². The van der Waals surface area contributed by atoms with Crippen LogP contribution in [0.4, 0.5) is 5.69 Å². The maximum absolute atomic E-state index is 9.51. The van der Waals surface area contributed by atoms with Gasteiger partial charge in [-0.15, -0.1) is 0 Å². The molecule has 0 atom stereocenters. The third-order valence-corrected chi connectivity index (χ3v) is 2.43. The standard InChI is InChI=1S/C13H11ClN2O/c14-11-5-7-12(8-6-11)16-15-9-10-3-1-2-4-13(10)17/h1-9,16-17H/b15-9+. The number of hydrogen-bond donors (Lipinski definition) is 2. The number of halogens is 1. The maximum atomic E-state index is 9.51. The molecule has 2 aromatic rings. The molecule has 0 bridgehead atoms. The quantitative estimate of drug-likeness (QED) is 0.643. The second kappa shape index (κ2) is 5.37. The molecule has 0 saturated heterocycles. The van der Waals surface area contributed by atoms with Gasteiger partial charge in [0.15, 0.2) is 0 Å². The lowest BCUT2D eigenvalue weighted by atomic mass is 10.2. The summed E-state index contributed by atoms with van der Waals surface area (Å²) in [6, 6.07) is 14.2. The van der Waals surface area contributed by atoms with Crippen molar-refractivity contribution in [2.75, 3.05) is 5.43 Å². The number of hydrogen-bond acceptors (Lipinski definition) is 3. The van der Waals surface area contributed by atoms with Crippen molar-refractivity contribution in [3.63, 3.8) is 0 Å². The van der Waals surface area contributed by atoms with Gasteiger partial charge >= 0.3 is 0 Å². The Morgan fingerprint density at radius 3 is 2.47 bits per heavy atom. The summed E-state index contributed by atoms with van der Waals surface area (Å²) in [4.78, 5) is 0.